The van der Waals surface area contributed by atoms with E-state index in [-0.39, 0.29) is 54.6 Å². The highest BCUT2D eigenvalue weighted by Crippen LogP contribution is 2.40. The molecule has 0 N–H and O–H groups in total. The van der Waals surface area contributed by atoms with Gasteiger partial charge in [-0.2, -0.15) is 8.78 Å². The lowest BCUT2D eigenvalue weighted by atomic mass is 9.93. The molecule has 2 aromatic heterocycles. The van der Waals surface area contributed by atoms with Crippen molar-refractivity contribution in [1.29, 1.82) is 0 Å². The number of ether oxygens (including phenoxy) is 4. The van der Waals surface area contributed by atoms with Crippen molar-refractivity contribution < 1.29 is 41.7 Å². The first-order chi connectivity index (χ1) is 20.2. The second-order valence-corrected chi connectivity index (χ2v) is 10.6. The summed E-state index contributed by atoms with van der Waals surface area (Å²) < 4.78 is 64.2. The fraction of sp³-hybridized carbons (Fsp3) is 0.500. The maximum absolute atomic E-state index is 14.8. The van der Waals surface area contributed by atoms with Gasteiger partial charge < -0.3 is 18.9 Å². The zero-order valence-corrected chi connectivity index (χ0v) is 23.6. The molecular formula is C30H34F3N3O6. The number of ketones is 1. The molecule has 5 rings (SSSR count). The van der Waals surface area contributed by atoms with Gasteiger partial charge in [0.25, 0.3) is 0 Å². The number of aromatic nitrogens is 2. The summed E-state index contributed by atoms with van der Waals surface area (Å²) in [4.78, 5) is 31.3. The van der Waals surface area contributed by atoms with Gasteiger partial charge in [0.05, 0.1) is 25.6 Å². The molecule has 1 saturated heterocycles. The second-order valence-electron chi connectivity index (χ2n) is 10.6. The van der Waals surface area contributed by atoms with E-state index >= 15 is 0 Å². The van der Waals surface area contributed by atoms with Crippen LogP contribution in [0, 0.1) is 5.92 Å². The van der Waals surface area contributed by atoms with Gasteiger partial charge in [0, 0.05) is 56.7 Å². The summed E-state index contributed by atoms with van der Waals surface area (Å²) in [5.74, 6) is -0.310. The van der Waals surface area contributed by atoms with Crippen molar-refractivity contribution in [3.63, 3.8) is 0 Å². The molecule has 0 amide bonds. The van der Waals surface area contributed by atoms with Crippen LogP contribution in [-0.4, -0.2) is 78.3 Å². The Balaban J connectivity index is 1.27. The average Bonchev–Trinajstić information content (AvgIpc) is 3.68. The van der Waals surface area contributed by atoms with Crippen LogP contribution in [0.5, 0.6) is 17.2 Å². The smallest absolute Gasteiger partial charge is 0.387 e. The summed E-state index contributed by atoms with van der Waals surface area (Å²) in [5.41, 5.74) is -0.283. The van der Waals surface area contributed by atoms with Crippen LogP contribution in [0.3, 0.4) is 0 Å². The number of pyridine rings is 1. The number of hydrogen-bond acceptors (Lipinski definition) is 8. The second kappa shape index (κ2) is 12.6. The van der Waals surface area contributed by atoms with E-state index in [1.807, 2.05) is 4.90 Å². The van der Waals surface area contributed by atoms with Gasteiger partial charge in [-0.05, 0) is 43.9 Å². The van der Waals surface area contributed by atoms with Gasteiger partial charge in [-0.15, -0.1) is 0 Å². The summed E-state index contributed by atoms with van der Waals surface area (Å²) >= 11 is 0. The first-order valence-corrected chi connectivity index (χ1v) is 14.1. The summed E-state index contributed by atoms with van der Waals surface area (Å²) in [5, 5.41) is 0. The largest absolute Gasteiger partial charge is 0.496 e. The Hall–Kier alpha value is -3.80. The zero-order chi connectivity index (χ0) is 29.9. The monoisotopic (exact) mass is 589 g/mol. The van der Waals surface area contributed by atoms with Crippen molar-refractivity contribution in [2.45, 2.75) is 51.3 Å². The van der Waals surface area contributed by atoms with Crippen LogP contribution in [0.2, 0.25) is 0 Å². The lowest BCUT2D eigenvalue weighted by Gasteiger charge is -2.34. The van der Waals surface area contributed by atoms with Crippen LogP contribution in [0.25, 0.3) is 16.9 Å². The van der Waals surface area contributed by atoms with E-state index in [4.69, 9.17) is 18.9 Å². The SMILES string of the molecule is CCOC(=O)C1(F)CCN(CCOc2ccn3c(-c4cc(OC)c(C(=O)CC5CC5)c(OC(F)F)c4)cnc3c2)CC1. The number of carbonyl (C=O) groups excluding carboxylic acids is 2. The Bertz CT molecular complexity index is 1430. The van der Waals surface area contributed by atoms with E-state index in [2.05, 4.69) is 4.98 Å². The number of esters is 1. The van der Waals surface area contributed by atoms with Crippen molar-refractivity contribution in [2.24, 2.45) is 5.92 Å². The molecule has 0 spiro atoms. The minimum absolute atomic E-state index is 0.0183. The molecule has 0 unspecified atom stereocenters. The molecular weight excluding hydrogens is 555 g/mol. The van der Waals surface area contributed by atoms with Crippen molar-refractivity contribution >= 4 is 17.4 Å². The Morgan fingerprint density at radius 3 is 2.55 bits per heavy atom. The maximum Gasteiger partial charge on any atom is 0.387 e. The van der Waals surface area contributed by atoms with Crippen molar-refractivity contribution in [2.75, 3.05) is 40.0 Å². The number of piperidine rings is 1. The molecule has 12 heteroatoms. The molecule has 3 heterocycles. The van der Waals surface area contributed by atoms with Crippen molar-refractivity contribution in [3.05, 3.63) is 42.2 Å². The number of halogens is 3. The molecule has 0 bridgehead atoms. The van der Waals surface area contributed by atoms with Gasteiger partial charge in [0.15, 0.2) is 5.78 Å². The van der Waals surface area contributed by atoms with Gasteiger partial charge >= 0.3 is 12.6 Å². The predicted octanol–water partition coefficient (Wildman–Crippen LogP) is 5.34. The number of carbonyl (C=O) groups is 2. The number of benzene rings is 1. The van der Waals surface area contributed by atoms with Gasteiger partial charge in [0.2, 0.25) is 5.67 Å². The molecule has 0 atom stereocenters. The number of hydrogen-bond donors (Lipinski definition) is 0. The van der Waals surface area contributed by atoms with E-state index in [9.17, 15) is 22.8 Å². The van der Waals surface area contributed by atoms with E-state index < -0.39 is 18.2 Å². The lowest BCUT2D eigenvalue weighted by Crippen LogP contribution is -2.48. The molecule has 1 aromatic carbocycles. The fourth-order valence-electron chi connectivity index (χ4n) is 5.20. The summed E-state index contributed by atoms with van der Waals surface area (Å²) in [6, 6.07) is 6.53. The van der Waals surface area contributed by atoms with Crippen LogP contribution in [0.1, 0.15) is 49.4 Å². The number of alkyl halides is 3. The number of Topliss-reactive ketones (excluding diaryl/α,β-unsaturated/α-hetero) is 1. The Morgan fingerprint density at radius 2 is 1.88 bits per heavy atom. The number of likely N-dealkylation sites (tertiary alicyclic amines) is 1. The molecule has 1 aliphatic carbocycles. The van der Waals surface area contributed by atoms with Crippen LogP contribution in [-0.2, 0) is 9.53 Å². The lowest BCUT2D eigenvalue weighted by molar-refractivity contribution is -0.160. The van der Waals surface area contributed by atoms with Crippen LogP contribution in [0.15, 0.2) is 36.7 Å². The minimum atomic E-state index is -3.11. The average molecular weight is 590 g/mol. The molecule has 1 aliphatic heterocycles. The number of rotatable bonds is 13. The van der Waals surface area contributed by atoms with Gasteiger partial charge in [-0.3, -0.25) is 14.1 Å². The number of nitrogens with zero attached hydrogens (tertiary/aromatic N) is 3. The normalized spacial score (nSPS) is 16.9. The van der Waals surface area contributed by atoms with Gasteiger partial charge in [-0.1, -0.05) is 0 Å². The molecule has 2 fully saturated rings. The Labute approximate surface area is 241 Å². The standard InChI is InChI=1S/C30H34F3N3O6/c1-3-40-28(38)30(33)7-10-35(11-8-30)12-13-41-21-6-9-36-22(18-34-26(36)17-21)20-15-24(39-2)27(23(37)14-19-4-5-19)25(16-20)42-29(31)32/h6,9,15-19,29H,3-5,7-8,10-14H2,1-2H3. The van der Waals surface area contributed by atoms with Crippen LogP contribution < -0.4 is 14.2 Å². The van der Waals surface area contributed by atoms with Crippen LogP contribution in [0.4, 0.5) is 13.2 Å². The third-order valence-corrected chi connectivity index (χ3v) is 7.70. The highest BCUT2D eigenvalue weighted by Gasteiger charge is 2.43. The summed E-state index contributed by atoms with van der Waals surface area (Å²) in [7, 11) is 1.38. The van der Waals surface area contributed by atoms with E-state index in [0.29, 0.717) is 48.9 Å². The van der Waals surface area contributed by atoms with E-state index in [1.54, 1.807) is 41.9 Å². The molecule has 42 heavy (non-hydrogen) atoms. The fourth-order valence-corrected chi connectivity index (χ4v) is 5.20. The highest BCUT2D eigenvalue weighted by atomic mass is 19.3. The summed E-state index contributed by atoms with van der Waals surface area (Å²) in [6.45, 7) is 0.458. The highest BCUT2D eigenvalue weighted by molar-refractivity contribution is 6.02. The van der Waals surface area contributed by atoms with Crippen molar-refractivity contribution in [3.8, 4) is 28.5 Å². The van der Waals surface area contributed by atoms with Gasteiger partial charge in [-0.25, -0.2) is 14.2 Å². The molecule has 9 nitrogen and oxygen atoms in total. The Morgan fingerprint density at radius 1 is 1.14 bits per heavy atom. The Kier molecular flexibility index (Phi) is 8.91. The van der Waals surface area contributed by atoms with E-state index in [0.717, 1.165) is 12.8 Å². The topological polar surface area (TPSA) is 91.6 Å². The molecule has 1 saturated carbocycles. The molecule has 3 aromatic rings. The first kappa shape index (κ1) is 29.7. The molecule has 226 valence electrons. The summed E-state index contributed by atoms with van der Waals surface area (Å²) in [6.07, 6.45) is 5.65. The number of fused-ring (bicyclic) bond motifs is 1. The quantitative estimate of drug-likeness (QED) is 0.195. The number of imidazole rings is 1. The first-order valence-electron chi connectivity index (χ1n) is 14.1. The molecule has 2 aliphatic rings. The van der Waals surface area contributed by atoms with Gasteiger partial charge in [0.1, 0.15) is 35.1 Å². The zero-order valence-electron chi connectivity index (χ0n) is 23.6. The van der Waals surface area contributed by atoms with Crippen molar-refractivity contribution in [1.82, 2.24) is 14.3 Å². The third-order valence-electron chi connectivity index (χ3n) is 7.70. The minimum Gasteiger partial charge on any atom is -0.496 e. The third kappa shape index (κ3) is 6.64. The molecule has 0 radical (unpaired) electrons. The van der Waals surface area contributed by atoms with E-state index in [1.165, 1.54) is 13.2 Å². The maximum atomic E-state index is 14.8. The predicted molar refractivity (Wildman–Crippen MR) is 147 cm³/mol. The van der Waals surface area contributed by atoms with Crippen LogP contribution >= 0.6 is 0 Å². The number of methoxy groups -OCH3 is 1.